The molecule has 31 heavy (non-hydrogen) atoms. The maximum Gasteiger partial charge on any atom is 0.265 e. The number of hydrogen-bond donors (Lipinski definition) is 1. The average Bonchev–Trinajstić information content (AvgIpc) is 3.45. The highest BCUT2D eigenvalue weighted by atomic mass is 35.5. The predicted octanol–water partition coefficient (Wildman–Crippen LogP) is 5.82. The SMILES string of the molecule is O=C(Nc1c([C@@H](c2ccccc2Cl)N2CCOCC2)oc2ccccc12)c1cccs1. The Balaban J connectivity index is 1.66. The number of nitrogens with zero attached hydrogens (tertiary/aromatic N) is 1. The molecule has 2 aromatic carbocycles. The fourth-order valence-corrected chi connectivity index (χ4v) is 4.86. The molecule has 0 bridgehead atoms. The molecular formula is C24H21ClN2O3S. The standard InChI is InChI=1S/C24H21ClN2O3S/c25-18-8-3-1-6-16(18)22(27-11-13-29-14-12-27)23-21(17-7-2-4-9-19(17)30-23)26-24(28)20-10-5-15-31-20/h1-10,15,22H,11-14H2,(H,26,28)/t22-/m1/s1. The van der Waals surface area contributed by atoms with Crippen molar-refractivity contribution < 1.29 is 13.9 Å². The number of anilines is 1. The second-order valence-corrected chi connectivity index (χ2v) is 8.70. The smallest absolute Gasteiger partial charge is 0.265 e. The number of furan rings is 1. The topological polar surface area (TPSA) is 54.7 Å². The number of ether oxygens (including phenoxy) is 1. The van der Waals surface area contributed by atoms with Crippen LogP contribution in [0.5, 0.6) is 0 Å². The predicted molar refractivity (Wildman–Crippen MR) is 124 cm³/mol. The van der Waals surface area contributed by atoms with Crippen molar-refractivity contribution in [2.75, 3.05) is 31.6 Å². The quantitative estimate of drug-likeness (QED) is 0.414. The van der Waals surface area contributed by atoms with E-state index in [4.69, 9.17) is 20.8 Å². The summed E-state index contributed by atoms with van der Waals surface area (Å²) in [6.07, 6.45) is 0. The summed E-state index contributed by atoms with van der Waals surface area (Å²) < 4.78 is 12.0. The molecule has 5 rings (SSSR count). The van der Waals surface area contributed by atoms with Crippen molar-refractivity contribution >= 4 is 45.5 Å². The van der Waals surface area contributed by atoms with Gasteiger partial charge in [-0.15, -0.1) is 11.3 Å². The number of nitrogens with one attached hydrogen (secondary N) is 1. The van der Waals surface area contributed by atoms with Gasteiger partial charge in [0.2, 0.25) is 0 Å². The first-order valence-corrected chi connectivity index (χ1v) is 11.4. The summed E-state index contributed by atoms with van der Waals surface area (Å²) in [6.45, 7) is 2.76. The normalized spacial score (nSPS) is 15.8. The van der Waals surface area contributed by atoms with Gasteiger partial charge in [-0.1, -0.05) is 48.0 Å². The molecule has 0 spiro atoms. The summed E-state index contributed by atoms with van der Waals surface area (Å²) in [4.78, 5) is 15.9. The molecule has 0 radical (unpaired) electrons. The van der Waals surface area contributed by atoms with Gasteiger partial charge in [0.1, 0.15) is 5.58 Å². The summed E-state index contributed by atoms with van der Waals surface area (Å²) in [6, 6.07) is 19.0. The van der Waals surface area contributed by atoms with Crippen molar-refractivity contribution in [2.45, 2.75) is 6.04 Å². The number of para-hydroxylation sites is 1. The fourth-order valence-electron chi connectivity index (χ4n) is 4.01. The largest absolute Gasteiger partial charge is 0.457 e. The molecule has 1 N–H and O–H groups in total. The third-order valence-corrected chi connectivity index (χ3v) is 6.68. The van der Waals surface area contributed by atoms with E-state index in [1.54, 1.807) is 0 Å². The summed E-state index contributed by atoms with van der Waals surface area (Å²) >= 11 is 8.05. The molecule has 3 heterocycles. The van der Waals surface area contributed by atoms with Gasteiger partial charge in [-0.05, 0) is 35.2 Å². The Bertz CT molecular complexity index is 1200. The third-order valence-electron chi connectivity index (χ3n) is 5.47. The highest BCUT2D eigenvalue weighted by molar-refractivity contribution is 7.12. The summed E-state index contributed by atoms with van der Waals surface area (Å²) in [7, 11) is 0. The number of fused-ring (bicyclic) bond motifs is 1. The Hall–Kier alpha value is -2.64. The molecule has 1 aliphatic heterocycles. The number of amides is 1. The molecule has 4 aromatic rings. The molecule has 0 aliphatic carbocycles. The van der Waals surface area contributed by atoms with E-state index in [0.717, 1.165) is 29.6 Å². The minimum atomic E-state index is -0.247. The van der Waals surface area contributed by atoms with Crippen LogP contribution < -0.4 is 5.32 Å². The highest BCUT2D eigenvalue weighted by Gasteiger charge is 2.32. The van der Waals surface area contributed by atoms with Crippen LogP contribution in [0.3, 0.4) is 0 Å². The molecule has 0 unspecified atom stereocenters. The van der Waals surface area contributed by atoms with Crippen LogP contribution in [0.2, 0.25) is 5.02 Å². The lowest BCUT2D eigenvalue weighted by molar-refractivity contribution is 0.0206. The van der Waals surface area contributed by atoms with E-state index >= 15 is 0 Å². The molecule has 1 aliphatic rings. The second-order valence-electron chi connectivity index (χ2n) is 7.34. The van der Waals surface area contributed by atoms with Crippen LogP contribution >= 0.6 is 22.9 Å². The minimum Gasteiger partial charge on any atom is -0.457 e. The molecule has 1 atom stereocenters. The number of hydrogen-bond acceptors (Lipinski definition) is 5. The van der Waals surface area contributed by atoms with Crippen molar-refractivity contribution in [3.05, 3.63) is 87.3 Å². The zero-order valence-electron chi connectivity index (χ0n) is 16.7. The molecule has 2 aromatic heterocycles. The summed E-state index contributed by atoms with van der Waals surface area (Å²) in [5, 5.41) is 6.54. The second kappa shape index (κ2) is 8.85. The molecule has 1 saturated heterocycles. The van der Waals surface area contributed by atoms with E-state index in [1.165, 1.54) is 11.3 Å². The van der Waals surface area contributed by atoms with Crippen molar-refractivity contribution in [3.8, 4) is 0 Å². The van der Waals surface area contributed by atoms with Gasteiger partial charge in [0, 0.05) is 23.5 Å². The first kappa shape index (κ1) is 20.3. The lowest BCUT2D eigenvalue weighted by Gasteiger charge is -2.34. The molecule has 7 heteroatoms. The van der Waals surface area contributed by atoms with Crippen LogP contribution in [-0.4, -0.2) is 37.1 Å². The third kappa shape index (κ3) is 4.00. The first-order valence-electron chi connectivity index (χ1n) is 10.1. The van der Waals surface area contributed by atoms with Crippen LogP contribution in [0.4, 0.5) is 5.69 Å². The maximum absolute atomic E-state index is 13.0. The van der Waals surface area contributed by atoms with Crippen LogP contribution in [0.1, 0.15) is 27.0 Å². The molecule has 1 amide bonds. The van der Waals surface area contributed by atoms with Gasteiger partial charge >= 0.3 is 0 Å². The van der Waals surface area contributed by atoms with E-state index in [2.05, 4.69) is 10.2 Å². The van der Waals surface area contributed by atoms with Gasteiger partial charge in [0.15, 0.2) is 5.76 Å². The Labute approximate surface area is 189 Å². The zero-order chi connectivity index (χ0) is 21.2. The average molecular weight is 453 g/mol. The first-order chi connectivity index (χ1) is 15.2. The van der Waals surface area contributed by atoms with Gasteiger partial charge in [-0.2, -0.15) is 0 Å². The maximum atomic E-state index is 13.0. The van der Waals surface area contributed by atoms with Crippen molar-refractivity contribution in [3.63, 3.8) is 0 Å². The molecular weight excluding hydrogens is 432 g/mol. The number of morpholine rings is 1. The fraction of sp³-hybridized carbons (Fsp3) is 0.208. The Kier molecular flexibility index (Phi) is 5.78. The lowest BCUT2D eigenvalue weighted by atomic mass is 10.00. The van der Waals surface area contributed by atoms with Gasteiger partial charge in [0.05, 0.1) is 29.8 Å². The summed E-state index contributed by atoms with van der Waals surface area (Å²) in [5.74, 6) is 0.531. The number of carbonyl (C=O) groups excluding carboxylic acids is 1. The number of benzene rings is 2. The number of thiophene rings is 1. The summed E-state index contributed by atoms with van der Waals surface area (Å²) in [5.41, 5.74) is 2.35. The Morgan fingerprint density at radius 3 is 2.58 bits per heavy atom. The number of rotatable bonds is 5. The lowest BCUT2D eigenvalue weighted by Crippen LogP contribution is -2.39. The van der Waals surface area contributed by atoms with E-state index in [1.807, 2.05) is 66.0 Å². The van der Waals surface area contributed by atoms with E-state index in [-0.39, 0.29) is 11.9 Å². The molecule has 158 valence electrons. The van der Waals surface area contributed by atoms with Crippen molar-refractivity contribution in [1.82, 2.24) is 4.90 Å². The van der Waals surface area contributed by atoms with E-state index in [0.29, 0.717) is 34.6 Å². The zero-order valence-corrected chi connectivity index (χ0v) is 18.3. The van der Waals surface area contributed by atoms with Crippen LogP contribution in [-0.2, 0) is 4.74 Å². The van der Waals surface area contributed by atoms with Gasteiger partial charge < -0.3 is 14.5 Å². The van der Waals surface area contributed by atoms with Gasteiger partial charge in [0.25, 0.3) is 5.91 Å². The highest BCUT2D eigenvalue weighted by Crippen LogP contribution is 2.42. The van der Waals surface area contributed by atoms with Gasteiger partial charge in [-0.25, -0.2) is 0 Å². The van der Waals surface area contributed by atoms with Crippen LogP contribution in [0.15, 0.2) is 70.5 Å². The van der Waals surface area contributed by atoms with Crippen molar-refractivity contribution in [1.29, 1.82) is 0 Å². The van der Waals surface area contributed by atoms with Crippen molar-refractivity contribution in [2.24, 2.45) is 0 Å². The van der Waals surface area contributed by atoms with Gasteiger partial charge in [-0.3, -0.25) is 9.69 Å². The van der Waals surface area contributed by atoms with Crippen LogP contribution in [0, 0.1) is 0 Å². The minimum absolute atomic E-state index is 0.150. The molecule has 0 saturated carbocycles. The molecule has 1 fully saturated rings. The Morgan fingerprint density at radius 1 is 1.03 bits per heavy atom. The number of halogens is 1. The monoisotopic (exact) mass is 452 g/mol. The van der Waals surface area contributed by atoms with Crippen LogP contribution in [0.25, 0.3) is 11.0 Å². The molecule has 5 nitrogen and oxygen atoms in total. The van der Waals surface area contributed by atoms with E-state index in [9.17, 15) is 4.79 Å². The van der Waals surface area contributed by atoms with E-state index < -0.39 is 0 Å². The number of carbonyl (C=O) groups is 1. The Morgan fingerprint density at radius 2 is 1.81 bits per heavy atom.